The molecule has 0 aromatic heterocycles. The van der Waals surface area contributed by atoms with Crippen molar-refractivity contribution >= 4 is 28.6 Å². The zero-order valence-electron chi connectivity index (χ0n) is 15.1. The Morgan fingerprint density at radius 1 is 0.909 bits per heavy atom. The molecular weight excluding hydrogens is 377 g/mol. The Morgan fingerprint density at radius 3 is 1.45 bits per heavy atom. The maximum Gasteiger partial charge on any atom is 0.281 e. The van der Waals surface area contributed by atoms with Gasteiger partial charge in [0, 0.05) is 39.3 Å². The maximum absolute atomic E-state index is 11.7. The molecule has 0 aliphatic heterocycles. The molecule has 0 bridgehead atoms. The number of hydrogen-bond donors (Lipinski definition) is 0. The molecule has 0 spiro atoms. The smallest absolute Gasteiger partial charge is 0.281 e. The van der Waals surface area contributed by atoms with Gasteiger partial charge in [0.2, 0.25) is 0 Å². The van der Waals surface area contributed by atoms with Crippen molar-refractivity contribution in [2.45, 2.75) is 54.9 Å². The number of thioether (sulfide) groups is 1. The van der Waals surface area contributed by atoms with E-state index in [1.54, 1.807) is 0 Å². The molecule has 0 aliphatic rings. The molecule has 128 valence electrons. The summed E-state index contributed by atoms with van der Waals surface area (Å²) in [5, 5.41) is 0.231. The van der Waals surface area contributed by atoms with Crippen LogP contribution in [0.25, 0.3) is 0 Å². The van der Waals surface area contributed by atoms with Gasteiger partial charge < -0.3 is 4.90 Å². The molecule has 0 aromatic rings. The van der Waals surface area contributed by atoms with Crippen LogP contribution in [0.1, 0.15) is 54.9 Å². The normalized spacial score (nSPS) is 9.68. The van der Waals surface area contributed by atoms with Crippen LogP contribution in [0, 0.1) is 11.8 Å². The quantitative estimate of drug-likeness (QED) is 0.597. The summed E-state index contributed by atoms with van der Waals surface area (Å²) in [5.41, 5.74) is 0. The van der Waals surface area contributed by atoms with Gasteiger partial charge in [0.15, 0.2) is 0 Å². The van der Waals surface area contributed by atoms with E-state index >= 15 is 0 Å². The molecule has 0 N–H and O–H groups in total. The Balaban J connectivity index is -0.000000385. The van der Waals surface area contributed by atoms with Gasteiger partial charge in [-0.25, -0.2) is 0 Å². The molecular formula is C16H31NO3SZr. The Labute approximate surface area is 159 Å². The molecule has 0 aromatic carbocycles. The number of nitrogens with zero attached hydrogens (tertiary/aromatic N) is 1. The minimum absolute atomic E-state index is 0. The largest absolute Gasteiger partial charge is 0.333 e. The van der Waals surface area contributed by atoms with Gasteiger partial charge in [-0.3, -0.25) is 14.4 Å². The van der Waals surface area contributed by atoms with E-state index in [0.717, 1.165) is 18.8 Å². The molecule has 0 radical (unpaired) electrons. The number of hydrogen-bond acceptors (Lipinski definition) is 4. The number of rotatable bonds is 7. The zero-order valence-corrected chi connectivity index (χ0v) is 18.3. The third-order valence-corrected chi connectivity index (χ3v) is 2.99. The van der Waals surface area contributed by atoms with Crippen molar-refractivity contribution in [1.29, 1.82) is 0 Å². The molecule has 0 atom stereocenters. The molecule has 1 amide bonds. The van der Waals surface area contributed by atoms with Gasteiger partial charge in [-0.05, 0) is 31.4 Å². The minimum atomic E-state index is -0.0625. The summed E-state index contributed by atoms with van der Waals surface area (Å²) >= 11 is 1.41. The fraction of sp³-hybridized carbons (Fsp3) is 0.812. The minimum Gasteiger partial charge on any atom is -0.333 e. The summed E-state index contributed by atoms with van der Waals surface area (Å²) in [4.78, 5) is 33.7. The summed E-state index contributed by atoms with van der Waals surface area (Å²) in [5.74, 6) is 1.84. The van der Waals surface area contributed by atoms with Crippen LogP contribution in [0.2, 0.25) is 0 Å². The fourth-order valence-electron chi connectivity index (χ4n) is 1.67. The second kappa shape index (κ2) is 15.9. The van der Waals surface area contributed by atoms with Crippen molar-refractivity contribution in [1.82, 2.24) is 4.90 Å². The van der Waals surface area contributed by atoms with Gasteiger partial charge in [0.1, 0.15) is 11.6 Å². The van der Waals surface area contributed by atoms with Crippen LogP contribution in [-0.4, -0.2) is 40.5 Å². The molecule has 0 heterocycles. The third kappa shape index (κ3) is 20.0. The van der Waals surface area contributed by atoms with E-state index in [0.29, 0.717) is 11.8 Å². The Hall–Kier alpha value is 0.0431. The average molecular weight is 409 g/mol. The molecule has 0 aliphatic carbocycles. The van der Waals surface area contributed by atoms with Gasteiger partial charge in [-0.2, -0.15) is 0 Å². The summed E-state index contributed by atoms with van der Waals surface area (Å²) in [6.07, 6.45) is 0.0833. The van der Waals surface area contributed by atoms with Crippen molar-refractivity contribution in [2.24, 2.45) is 11.8 Å². The number of amides is 1. The summed E-state index contributed by atoms with van der Waals surface area (Å²) in [6, 6.07) is 0. The van der Waals surface area contributed by atoms with Gasteiger partial charge in [0.05, 0.1) is 6.42 Å². The zero-order chi connectivity index (χ0) is 17.0. The van der Waals surface area contributed by atoms with E-state index in [4.69, 9.17) is 0 Å². The Bertz CT molecular complexity index is 311. The predicted molar refractivity (Wildman–Crippen MR) is 90.8 cm³/mol. The van der Waals surface area contributed by atoms with Crippen molar-refractivity contribution in [2.75, 3.05) is 18.8 Å². The second-order valence-corrected chi connectivity index (χ2v) is 7.19. The first-order chi connectivity index (χ1) is 9.59. The van der Waals surface area contributed by atoms with E-state index < -0.39 is 0 Å². The molecule has 0 saturated carbocycles. The van der Waals surface area contributed by atoms with E-state index in [1.807, 2.05) is 11.8 Å². The number of carbonyl (C=O) groups is 3. The van der Waals surface area contributed by atoms with Gasteiger partial charge >= 0.3 is 0 Å². The first-order valence-corrected chi connectivity index (χ1v) is 8.49. The van der Waals surface area contributed by atoms with E-state index in [9.17, 15) is 14.4 Å². The summed E-state index contributed by atoms with van der Waals surface area (Å²) < 4.78 is 0. The molecule has 6 heteroatoms. The second-order valence-electron chi connectivity index (χ2n) is 5.97. The van der Waals surface area contributed by atoms with Crippen LogP contribution in [-0.2, 0) is 35.8 Å². The van der Waals surface area contributed by atoms with Crippen molar-refractivity contribution in [3.63, 3.8) is 0 Å². The number of carbonyl (C=O) groups excluding carboxylic acids is 3. The standard InChI is InChI=1S/C11H23NOS.C5H8O2.Zr/c1-6-14-11(13)12(7-9(2)3)8-10(4)5;1-4(6)3-5(2)7;/h9-10H,6-8H2,1-5H3;3H2,1-2H3;. The number of Topliss-reactive ketones (excluding diaryl/α,β-unsaturated/α-hetero) is 2. The molecule has 0 unspecified atom stereocenters. The number of ketones is 2. The van der Waals surface area contributed by atoms with Crippen LogP contribution in [0.3, 0.4) is 0 Å². The van der Waals surface area contributed by atoms with E-state index in [1.165, 1.54) is 25.6 Å². The van der Waals surface area contributed by atoms with Crippen LogP contribution in [0.5, 0.6) is 0 Å². The third-order valence-electron chi connectivity index (χ3n) is 2.19. The van der Waals surface area contributed by atoms with Gasteiger partial charge in [-0.1, -0.05) is 46.4 Å². The van der Waals surface area contributed by atoms with Crippen molar-refractivity contribution in [3.8, 4) is 0 Å². The Morgan fingerprint density at radius 2 is 1.27 bits per heavy atom. The maximum atomic E-state index is 11.7. The first kappa shape index (κ1) is 26.9. The van der Waals surface area contributed by atoms with E-state index in [-0.39, 0.29) is 49.4 Å². The molecule has 4 nitrogen and oxygen atoms in total. The average Bonchev–Trinajstić information content (AvgIpc) is 2.25. The summed E-state index contributed by atoms with van der Waals surface area (Å²) in [7, 11) is 0. The van der Waals surface area contributed by atoms with Crippen molar-refractivity contribution in [3.05, 3.63) is 0 Å². The van der Waals surface area contributed by atoms with Crippen molar-refractivity contribution < 1.29 is 40.6 Å². The van der Waals surface area contributed by atoms with Gasteiger partial charge in [-0.15, -0.1) is 0 Å². The van der Waals surface area contributed by atoms with Crippen LogP contribution in [0.4, 0.5) is 4.79 Å². The first-order valence-electron chi connectivity index (χ1n) is 7.50. The van der Waals surface area contributed by atoms with E-state index in [2.05, 4.69) is 27.7 Å². The molecule has 0 fully saturated rings. The predicted octanol–water partition coefficient (Wildman–Crippen LogP) is 4.03. The topological polar surface area (TPSA) is 54.5 Å². The summed E-state index contributed by atoms with van der Waals surface area (Å²) in [6.45, 7) is 15.2. The van der Waals surface area contributed by atoms with Crippen LogP contribution < -0.4 is 0 Å². The molecule has 0 saturated heterocycles. The SMILES string of the molecule is CC(=O)CC(C)=O.CCSC(=O)N(CC(C)C)CC(C)C.[Zr]. The molecule has 0 rings (SSSR count). The van der Waals surface area contributed by atoms with Crippen LogP contribution >= 0.6 is 11.8 Å². The van der Waals surface area contributed by atoms with Crippen LogP contribution in [0.15, 0.2) is 0 Å². The molecule has 22 heavy (non-hydrogen) atoms. The monoisotopic (exact) mass is 407 g/mol. The van der Waals surface area contributed by atoms with Gasteiger partial charge in [0.25, 0.3) is 5.24 Å². The Kier molecular flexibility index (Phi) is 19.5. The fourth-order valence-corrected chi connectivity index (χ4v) is 2.25.